The van der Waals surface area contributed by atoms with Crippen molar-refractivity contribution in [1.29, 1.82) is 0 Å². The third-order valence-corrected chi connectivity index (χ3v) is 6.90. The Morgan fingerprint density at radius 1 is 0.750 bits per heavy atom. The van der Waals surface area contributed by atoms with Gasteiger partial charge in [-0.15, -0.1) is 0 Å². The number of β-amino-alcohol motifs (C(OH)–C–C–N with tert-alkyl or cyclic N) is 1. The third kappa shape index (κ3) is 5.99. The molecule has 2 heterocycles. The number of benzene rings is 3. The van der Waals surface area contributed by atoms with Crippen LogP contribution in [0.25, 0.3) is 11.4 Å². The van der Waals surface area contributed by atoms with Gasteiger partial charge in [-0.3, -0.25) is 4.90 Å². The Hall–Kier alpha value is -3.54. The molecule has 1 aromatic heterocycles. The Bertz CT molecular complexity index is 1240. The predicted molar refractivity (Wildman–Crippen MR) is 146 cm³/mol. The molecule has 1 saturated heterocycles. The monoisotopic (exact) mass is 478 g/mol. The summed E-state index contributed by atoms with van der Waals surface area (Å²) in [7, 11) is 0. The van der Waals surface area contributed by atoms with Crippen LogP contribution in [0.3, 0.4) is 0 Å². The first-order valence-corrected chi connectivity index (χ1v) is 12.8. The van der Waals surface area contributed by atoms with Crippen LogP contribution in [0.2, 0.25) is 0 Å². The van der Waals surface area contributed by atoms with Gasteiger partial charge in [-0.05, 0) is 24.5 Å². The predicted octanol–water partition coefficient (Wildman–Crippen LogP) is 4.77. The van der Waals surface area contributed by atoms with Crippen molar-refractivity contribution < 1.29 is 5.11 Å². The molecule has 1 aliphatic rings. The molecule has 36 heavy (non-hydrogen) atoms. The van der Waals surface area contributed by atoms with E-state index in [0.29, 0.717) is 13.0 Å². The largest absolute Gasteiger partial charge is 0.391 e. The summed E-state index contributed by atoms with van der Waals surface area (Å²) in [5.41, 5.74) is 5.71. The van der Waals surface area contributed by atoms with Crippen LogP contribution in [0, 0.1) is 6.92 Å². The molecule has 0 spiro atoms. The molecule has 1 aliphatic heterocycles. The molecule has 0 radical (unpaired) electrons. The number of aryl methyl sites for hydroxylation is 1. The van der Waals surface area contributed by atoms with Gasteiger partial charge in [0.05, 0.1) is 6.10 Å². The number of aliphatic hydroxyl groups is 1. The van der Waals surface area contributed by atoms with Crippen molar-refractivity contribution in [2.45, 2.75) is 25.9 Å². The Kier molecular flexibility index (Phi) is 7.70. The smallest absolute Gasteiger partial charge is 0.161 e. The lowest BCUT2D eigenvalue weighted by atomic mass is 10.0. The van der Waals surface area contributed by atoms with Gasteiger partial charge in [0.1, 0.15) is 5.82 Å². The molecule has 0 saturated carbocycles. The summed E-state index contributed by atoms with van der Waals surface area (Å²) in [6.45, 7) is 6.36. The fourth-order valence-corrected chi connectivity index (χ4v) is 4.96. The molecule has 1 N–H and O–H groups in total. The van der Waals surface area contributed by atoms with Gasteiger partial charge in [-0.2, -0.15) is 0 Å². The minimum atomic E-state index is -0.362. The Labute approximate surface area is 214 Å². The zero-order chi connectivity index (χ0) is 24.7. The summed E-state index contributed by atoms with van der Waals surface area (Å²) >= 11 is 0. The van der Waals surface area contributed by atoms with E-state index < -0.39 is 0 Å². The van der Waals surface area contributed by atoms with Gasteiger partial charge in [-0.25, -0.2) is 9.97 Å². The fraction of sp³-hybridized carbons (Fsp3) is 0.290. The molecule has 1 atom stereocenters. The second-order valence-corrected chi connectivity index (χ2v) is 9.59. The van der Waals surface area contributed by atoms with Crippen LogP contribution < -0.4 is 4.90 Å². The van der Waals surface area contributed by atoms with E-state index in [-0.39, 0.29) is 6.10 Å². The molecule has 184 valence electrons. The SMILES string of the molecule is Cc1nc(-c2ccccc2)nc(N2CCN(CC(O)Cc3ccccc3)CC2)c1Cc1ccccc1. The van der Waals surface area contributed by atoms with Gasteiger partial charge >= 0.3 is 0 Å². The summed E-state index contributed by atoms with van der Waals surface area (Å²) in [5, 5.41) is 10.7. The van der Waals surface area contributed by atoms with Crippen LogP contribution in [0.15, 0.2) is 91.0 Å². The van der Waals surface area contributed by atoms with E-state index in [4.69, 9.17) is 9.97 Å². The summed E-state index contributed by atoms with van der Waals surface area (Å²) in [6.07, 6.45) is 1.14. The van der Waals surface area contributed by atoms with Crippen molar-refractivity contribution in [3.05, 3.63) is 113 Å². The molecule has 5 nitrogen and oxygen atoms in total. The van der Waals surface area contributed by atoms with Gasteiger partial charge < -0.3 is 10.0 Å². The number of aromatic nitrogens is 2. The molecule has 5 rings (SSSR count). The van der Waals surface area contributed by atoms with Gasteiger partial charge in [0.25, 0.3) is 0 Å². The maximum Gasteiger partial charge on any atom is 0.161 e. The fourth-order valence-electron chi connectivity index (χ4n) is 4.96. The second-order valence-electron chi connectivity index (χ2n) is 9.59. The zero-order valence-corrected chi connectivity index (χ0v) is 20.9. The highest BCUT2D eigenvalue weighted by Crippen LogP contribution is 2.28. The number of nitrogens with zero attached hydrogens (tertiary/aromatic N) is 4. The highest BCUT2D eigenvalue weighted by atomic mass is 16.3. The molecule has 3 aromatic carbocycles. The highest BCUT2D eigenvalue weighted by Gasteiger charge is 2.24. The molecular formula is C31H34N4O. The van der Waals surface area contributed by atoms with Gasteiger partial charge in [0.15, 0.2) is 5.82 Å². The molecule has 1 fully saturated rings. The van der Waals surface area contributed by atoms with Gasteiger partial charge in [0.2, 0.25) is 0 Å². The maximum atomic E-state index is 10.7. The lowest BCUT2D eigenvalue weighted by Gasteiger charge is -2.37. The van der Waals surface area contributed by atoms with Crippen molar-refractivity contribution in [2.75, 3.05) is 37.6 Å². The van der Waals surface area contributed by atoms with Crippen LogP contribution in [-0.4, -0.2) is 58.8 Å². The van der Waals surface area contributed by atoms with E-state index in [0.717, 1.165) is 55.5 Å². The Balaban J connectivity index is 1.33. The van der Waals surface area contributed by atoms with Crippen molar-refractivity contribution >= 4 is 5.82 Å². The standard InChI is InChI=1S/C31H34N4O/c1-24-29(22-26-13-7-3-8-14-26)31(33-30(32-24)27-15-9-4-10-16-27)35-19-17-34(18-20-35)23-28(36)21-25-11-5-2-6-12-25/h2-16,28,36H,17-23H2,1H3. The first-order valence-electron chi connectivity index (χ1n) is 12.8. The molecule has 0 aliphatic carbocycles. The topological polar surface area (TPSA) is 52.5 Å². The van der Waals surface area contributed by atoms with Gasteiger partial charge in [-0.1, -0.05) is 91.0 Å². The van der Waals surface area contributed by atoms with Crippen molar-refractivity contribution in [1.82, 2.24) is 14.9 Å². The minimum Gasteiger partial charge on any atom is -0.391 e. The summed E-state index contributed by atoms with van der Waals surface area (Å²) in [4.78, 5) is 14.8. The number of rotatable bonds is 8. The summed E-state index contributed by atoms with van der Waals surface area (Å²) < 4.78 is 0. The quantitative estimate of drug-likeness (QED) is 0.395. The third-order valence-electron chi connectivity index (χ3n) is 6.90. The summed E-state index contributed by atoms with van der Waals surface area (Å²) in [6, 6.07) is 31.0. The zero-order valence-electron chi connectivity index (χ0n) is 20.9. The average Bonchev–Trinajstić information content (AvgIpc) is 2.92. The van der Waals surface area contributed by atoms with E-state index >= 15 is 0 Å². The highest BCUT2D eigenvalue weighted by molar-refractivity contribution is 5.61. The first-order chi connectivity index (χ1) is 17.7. The lowest BCUT2D eigenvalue weighted by Crippen LogP contribution is -2.49. The van der Waals surface area contributed by atoms with Crippen LogP contribution in [0.4, 0.5) is 5.82 Å². The molecule has 4 aromatic rings. The molecular weight excluding hydrogens is 444 g/mol. The van der Waals surface area contributed by atoms with Crippen LogP contribution in [-0.2, 0) is 12.8 Å². The normalized spacial score (nSPS) is 15.1. The first kappa shape index (κ1) is 24.2. The van der Waals surface area contributed by atoms with E-state index in [1.54, 1.807) is 0 Å². The number of hydrogen-bond acceptors (Lipinski definition) is 5. The summed E-state index contributed by atoms with van der Waals surface area (Å²) in [5.74, 6) is 1.82. The molecule has 0 bridgehead atoms. The lowest BCUT2D eigenvalue weighted by molar-refractivity contribution is 0.109. The number of anilines is 1. The second kappa shape index (κ2) is 11.5. The molecule has 5 heteroatoms. The number of aliphatic hydroxyl groups excluding tert-OH is 1. The number of piperazine rings is 1. The maximum absolute atomic E-state index is 10.7. The van der Waals surface area contributed by atoms with E-state index in [2.05, 4.69) is 71.3 Å². The minimum absolute atomic E-state index is 0.362. The van der Waals surface area contributed by atoms with Gasteiger partial charge in [0, 0.05) is 56.0 Å². The van der Waals surface area contributed by atoms with Crippen LogP contribution >= 0.6 is 0 Å². The Morgan fingerprint density at radius 2 is 1.33 bits per heavy atom. The van der Waals surface area contributed by atoms with E-state index in [1.165, 1.54) is 16.7 Å². The van der Waals surface area contributed by atoms with Crippen molar-refractivity contribution in [3.8, 4) is 11.4 Å². The van der Waals surface area contributed by atoms with Crippen LogP contribution in [0.1, 0.15) is 22.4 Å². The van der Waals surface area contributed by atoms with Crippen LogP contribution in [0.5, 0.6) is 0 Å². The Morgan fingerprint density at radius 3 is 1.97 bits per heavy atom. The van der Waals surface area contributed by atoms with Crippen molar-refractivity contribution in [3.63, 3.8) is 0 Å². The number of hydrogen-bond donors (Lipinski definition) is 1. The van der Waals surface area contributed by atoms with Crippen molar-refractivity contribution in [2.24, 2.45) is 0 Å². The molecule has 1 unspecified atom stereocenters. The molecule has 0 amide bonds. The van der Waals surface area contributed by atoms with E-state index in [1.807, 2.05) is 36.4 Å². The van der Waals surface area contributed by atoms with E-state index in [9.17, 15) is 5.11 Å². The average molecular weight is 479 g/mol.